The summed E-state index contributed by atoms with van der Waals surface area (Å²) in [5, 5.41) is 0. The Kier molecular flexibility index (Phi) is 4.48. The van der Waals surface area contributed by atoms with Crippen molar-refractivity contribution in [1.29, 1.82) is 0 Å². The van der Waals surface area contributed by atoms with Crippen LogP contribution in [0.4, 0.5) is 0 Å². The number of allylic oxidation sites excluding steroid dienone is 2. The normalized spacial score (nSPS) is 36.9. The van der Waals surface area contributed by atoms with E-state index >= 15 is 0 Å². The lowest BCUT2D eigenvalue weighted by molar-refractivity contribution is -0.169. The monoisotopic (exact) mass is 414 g/mol. The van der Waals surface area contributed by atoms with E-state index in [0.29, 0.717) is 25.7 Å². The van der Waals surface area contributed by atoms with Gasteiger partial charge in [0.25, 0.3) is 0 Å². The van der Waals surface area contributed by atoms with E-state index in [-0.39, 0.29) is 35.8 Å². The molecule has 160 valence electrons. The summed E-state index contributed by atoms with van der Waals surface area (Å²) in [5.74, 6) is -0.931. The Hall–Kier alpha value is -2.64. The molecule has 2 aliphatic carbocycles. The van der Waals surface area contributed by atoms with Gasteiger partial charge >= 0.3 is 11.9 Å². The van der Waals surface area contributed by atoms with E-state index in [0.717, 1.165) is 24.0 Å². The van der Waals surface area contributed by atoms with Gasteiger partial charge in [-0.3, -0.25) is 19.2 Å². The van der Waals surface area contributed by atoms with Gasteiger partial charge in [-0.15, -0.1) is 0 Å². The minimum absolute atomic E-state index is 0.0936. The number of esters is 2. The Morgan fingerprint density at radius 1 is 0.800 bits per heavy atom. The van der Waals surface area contributed by atoms with Crippen molar-refractivity contribution in [2.75, 3.05) is 0 Å². The molecule has 3 fully saturated rings. The third kappa shape index (κ3) is 2.80. The molecule has 0 saturated carbocycles. The molecule has 8 heteroatoms. The molecule has 0 aromatic carbocycles. The summed E-state index contributed by atoms with van der Waals surface area (Å²) in [5.41, 5.74) is 2.02. The van der Waals surface area contributed by atoms with Gasteiger partial charge in [-0.1, -0.05) is 12.2 Å². The zero-order valence-electron chi connectivity index (χ0n) is 17.2. The second-order valence-corrected chi connectivity index (χ2v) is 8.83. The molecule has 3 aliphatic heterocycles. The number of nitrogens with zero attached hydrogens (tertiary/aromatic N) is 2. The first kappa shape index (κ1) is 19.3. The van der Waals surface area contributed by atoms with E-state index < -0.39 is 24.3 Å². The second-order valence-electron chi connectivity index (χ2n) is 8.83. The molecule has 0 N–H and O–H groups in total. The van der Waals surface area contributed by atoms with Gasteiger partial charge in [-0.25, -0.2) is 0 Å². The van der Waals surface area contributed by atoms with Crippen LogP contribution in [0.2, 0.25) is 0 Å². The molecule has 5 aliphatic rings. The summed E-state index contributed by atoms with van der Waals surface area (Å²) < 4.78 is 11.1. The third-order valence-corrected chi connectivity index (χ3v) is 7.02. The quantitative estimate of drug-likeness (QED) is 0.499. The van der Waals surface area contributed by atoms with Gasteiger partial charge in [0.15, 0.2) is 0 Å². The first-order valence-electron chi connectivity index (χ1n) is 10.7. The molecular formula is C22H26N2O6. The predicted molar refractivity (Wildman–Crippen MR) is 104 cm³/mol. The molecule has 0 aromatic heterocycles. The number of rotatable bonds is 2. The number of fused-ring (bicyclic) bond motifs is 6. The molecule has 6 atom stereocenters. The Morgan fingerprint density at radius 2 is 1.20 bits per heavy atom. The first-order chi connectivity index (χ1) is 14.4. The van der Waals surface area contributed by atoms with Gasteiger partial charge in [0.1, 0.15) is 24.3 Å². The van der Waals surface area contributed by atoms with Crippen molar-refractivity contribution in [3.8, 4) is 0 Å². The molecule has 0 bridgehead atoms. The lowest BCUT2D eigenvalue weighted by Gasteiger charge is -2.45. The van der Waals surface area contributed by atoms with Gasteiger partial charge in [0.2, 0.25) is 11.8 Å². The van der Waals surface area contributed by atoms with Crippen LogP contribution >= 0.6 is 0 Å². The van der Waals surface area contributed by atoms with Crippen LogP contribution in [0.15, 0.2) is 23.3 Å². The molecule has 30 heavy (non-hydrogen) atoms. The predicted octanol–water partition coefficient (Wildman–Crippen LogP) is 1.24. The summed E-state index contributed by atoms with van der Waals surface area (Å²) in [4.78, 5) is 53.8. The van der Waals surface area contributed by atoms with Crippen molar-refractivity contribution in [3.63, 3.8) is 0 Å². The summed E-state index contributed by atoms with van der Waals surface area (Å²) in [6.45, 7) is 2.75. The zero-order chi connectivity index (χ0) is 21.2. The SMILES string of the molecule is CC(=O)O[C@H]1CCC=C2C[C@H]3C(=O)N4[C@@H](CC5=CCC[C@H](OC(C)=O)[C@H]54)C(=O)N3[C@@H]21. The molecule has 0 radical (unpaired) electrons. The second kappa shape index (κ2) is 6.96. The van der Waals surface area contributed by atoms with Crippen molar-refractivity contribution in [2.24, 2.45) is 0 Å². The van der Waals surface area contributed by atoms with E-state index in [1.54, 1.807) is 9.80 Å². The average molecular weight is 414 g/mol. The Balaban J connectivity index is 1.49. The van der Waals surface area contributed by atoms with Gasteiger partial charge in [-0.05, 0) is 49.7 Å². The fourth-order valence-corrected chi connectivity index (χ4v) is 6.07. The minimum Gasteiger partial charge on any atom is -0.460 e. The van der Waals surface area contributed by atoms with E-state index in [2.05, 4.69) is 12.2 Å². The molecule has 0 aromatic rings. The van der Waals surface area contributed by atoms with Crippen LogP contribution in [0.3, 0.4) is 0 Å². The van der Waals surface area contributed by atoms with Gasteiger partial charge in [-0.2, -0.15) is 0 Å². The van der Waals surface area contributed by atoms with Crippen LogP contribution in [0.1, 0.15) is 52.4 Å². The average Bonchev–Trinajstić information content (AvgIpc) is 3.26. The maximum Gasteiger partial charge on any atom is 0.302 e. The lowest BCUT2D eigenvalue weighted by atomic mass is 9.90. The minimum atomic E-state index is -0.583. The highest BCUT2D eigenvalue weighted by molar-refractivity contribution is 6.00. The van der Waals surface area contributed by atoms with Crippen molar-refractivity contribution < 1.29 is 28.7 Å². The number of amides is 2. The number of carbonyl (C=O) groups is 4. The summed E-state index contributed by atoms with van der Waals surface area (Å²) in [7, 11) is 0. The standard InChI is InChI=1S/C22H26N2O6/c1-11(25)29-17-7-3-5-13-9-15-22(28)24-16(21(27)23(15)19(13)17)10-14-6-4-8-18(20(14)24)30-12(2)26/h5-6,15-20H,3-4,7-10H2,1-2H3/t15-,16-,17-,18-,19-,20-/m0/s1. The van der Waals surface area contributed by atoms with Crippen LogP contribution in [-0.4, -0.2) is 69.9 Å². The van der Waals surface area contributed by atoms with Crippen LogP contribution in [-0.2, 0) is 28.7 Å². The summed E-state index contributed by atoms with van der Waals surface area (Å²) >= 11 is 0. The summed E-state index contributed by atoms with van der Waals surface area (Å²) in [6.07, 6.45) is 7.13. The number of ether oxygens (including phenoxy) is 2. The van der Waals surface area contributed by atoms with Crippen LogP contribution in [0.25, 0.3) is 0 Å². The largest absolute Gasteiger partial charge is 0.460 e. The Bertz CT molecular complexity index is 820. The number of piperazine rings is 1. The van der Waals surface area contributed by atoms with Gasteiger partial charge in [0, 0.05) is 13.8 Å². The highest BCUT2D eigenvalue weighted by Gasteiger charge is 2.61. The molecule has 2 amide bonds. The van der Waals surface area contributed by atoms with Gasteiger partial charge in [0.05, 0.1) is 12.1 Å². The van der Waals surface area contributed by atoms with E-state index in [4.69, 9.17) is 9.47 Å². The molecule has 3 saturated heterocycles. The zero-order valence-corrected chi connectivity index (χ0v) is 17.2. The van der Waals surface area contributed by atoms with E-state index in [1.807, 2.05) is 0 Å². The first-order valence-corrected chi connectivity index (χ1v) is 10.7. The third-order valence-electron chi connectivity index (χ3n) is 7.02. The lowest BCUT2D eigenvalue weighted by Crippen LogP contribution is -2.66. The molecule has 0 unspecified atom stereocenters. The smallest absolute Gasteiger partial charge is 0.302 e. The summed E-state index contributed by atoms with van der Waals surface area (Å²) in [6, 6.07) is -1.87. The highest BCUT2D eigenvalue weighted by Crippen LogP contribution is 2.46. The molecule has 5 rings (SSSR count). The van der Waals surface area contributed by atoms with Crippen molar-refractivity contribution in [2.45, 2.75) is 88.7 Å². The van der Waals surface area contributed by atoms with Crippen LogP contribution < -0.4 is 0 Å². The van der Waals surface area contributed by atoms with Crippen molar-refractivity contribution in [3.05, 3.63) is 23.3 Å². The Morgan fingerprint density at radius 3 is 1.57 bits per heavy atom. The Labute approximate surface area is 174 Å². The molecule has 3 heterocycles. The number of hydrogen-bond donors (Lipinski definition) is 0. The van der Waals surface area contributed by atoms with Crippen LogP contribution in [0.5, 0.6) is 0 Å². The molecule has 8 nitrogen and oxygen atoms in total. The maximum atomic E-state index is 13.6. The maximum absolute atomic E-state index is 13.6. The highest BCUT2D eigenvalue weighted by atomic mass is 16.5. The fraction of sp³-hybridized carbons (Fsp3) is 0.636. The topological polar surface area (TPSA) is 93.2 Å². The van der Waals surface area contributed by atoms with E-state index in [9.17, 15) is 19.2 Å². The van der Waals surface area contributed by atoms with Crippen LogP contribution in [0, 0.1) is 0 Å². The molecular weight excluding hydrogens is 388 g/mol. The van der Waals surface area contributed by atoms with Crippen molar-refractivity contribution >= 4 is 23.8 Å². The van der Waals surface area contributed by atoms with Crippen molar-refractivity contribution in [1.82, 2.24) is 9.80 Å². The fourth-order valence-electron chi connectivity index (χ4n) is 6.07. The number of carbonyl (C=O) groups excluding carboxylic acids is 4. The van der Waals surface area contributed by atoms with Gasteiger partial charge < -0.3 is 19.3 Å². The van der Waals surface area contributed by atoms with E-state index in [1.165, 1.54) is 13.8 Å². The number of hydrogen-bond acceptors (Lipinski definition) is 6. The molecule has 0 spiro atoms.